The number of hydrogen-bond donors (Lipinski definition) is 0. The van der Waals surface area contributed by atoms with Crippen molar-refractivity contribution in [3.63, 3.8) is 0 Å². The van der Waals surface area contributed by atoms with Gasteiger partial charge < -0.3 is 4.74 Å². The minimum atomic E-state index is 0.508. The third kappa shape index (κ3) is 5.00. The fourth-order valence-electron chi connectivity index (χ4n) is 3.49. The quantitative estimate of drug-likeness (QED) is 0.367. The van der Waals surface area contributed by atoms with E-state index in [0.29, 0.717) is 6.61 Å². The van der Waals surface area contributed by atoms with Gasteiger partial charge in [0.05, 0.1) is 5.69 Å². The van der Waals surface area contributed by atoms with Gasteiger partial charge in [0.2, 0.25) is 0 Å². The van der Waals surface area contributed by atoms with Gasteiger partial charge in [-0.05, 0) is 53.6 Å². The summed E-state index contributed by atoms with van der Waals surface area (Å²) in [6.45, 7) is 2.74. The third-order valence-electron chi connectivity index (χ3n) is 5.16. The molecule has 0 amide bonds. The molecule has 2 aromatic heterocycles. The van der Waals surface area contributed by atoms with Gasteiger partial charge in [0.25, 0.3) is 0 Å². The highest BCUT2D eigenvalue weighted by atomic mass is 16.5. The lowest BCUT2D eigenvalue weighted by Gasteiger charge is -2.10. The van der Waals surface area contributed by atoms with Crippen molar-refractivity contribution in [1.29, 1.82) is 0 Å². The van der Waals surface area contributed by atoms with Crippen LogP contribution in [0.4, 0.5) is 0 Å². The number of aryl methyl sites for hydroxylation is 1. The van der Waals surface area contributed by atoms with Gasteiger partial charge in [-0.1, -0.05) is 49.7 Å². The van der Waals surface area contributed by atoms with E-state index in [4.69, 9.17) is 4.74 Å². The monoisotopic (exact) mass is 382 g/mol. The van der Waals surface area contributed by atoms with Gasteiger partial charge in [0, 0.05) is 36.0 Å². The van der Waals surface area contributed by atoms with Crippen LogP contribution in [0, 0.1) is 0 Å². The van der Waals surface area contributed by atoms with Gasteiger partial charge in [-0.25, -0.2) is 0 Å². The summed E-state index contributed by atoms with van der Waals surface area (Å²) in [6, 6.07) is 21.2. The Labute approximate surface area is 172 Å². The Morgan fingerprint density at radius 3 is 2.52 bits per heavy atom. The van der Waals surface area contributed by atoms with Crippen molar-refractivity contribution in [3.05, 3.63) is 102 Å². The van der Waals surface area contributed by atoms with Crippen LogP contribution in [-0.2, 0) is 19.4 Å². The first kappa shape index (κ1) is 19.1. The van der Waals surface area contributed by atoms with Crippen molar-refractivity contribution in [1.82, 2.24) is 9.97 Å². The van der Waals surface area contributed by atoms with Crippen LogP contribution in [0.1, 0.15) is 42.1 Å². The van der Waals surface area contributed by atoms with E-state index < -0.39 is 0 Å². The second-order valence-corrected chi connectivity index (χ2v) is 7.39. The molecule has 4 rings (SSSR count). The zero-order chi connectivity index (χ0) is 19.9. The van der Waals surface area contributed by atoms with E-state index in [9.17, 15) is 0 Å². The zero-order valence-corrected chi connectivity index (χ0v) is 16.8. The fourth-order valence-corrected chi connectivity index (χ4v) is 3.49. The molecule has 0 saturated carbocycles. The SMILES string of the molecule is CCCCc1ccc(Cc2nccc3ccc(OCc4cccnc4)cc23)cc1. The number of ether oxygens (including phenoxy) is 1. The number of pyridine rings is 2. The van der Waals surface area contributed by atoms with Crippen molar-refractivity contribution in [2.24, 2.45) is 0 Å². The molecule has 0 spiro atoms. The highest BCUT2D eigenvalue weighted by Gasteiger charge is 2.07. The van der Waals surface area contributed by atoms with Gasteiger partial charge in [0.15, 0.2) is 0 Å². The van der Waals surface area contributed by atoms with Crippen molar-refractivity contribution in [2.75, 3.05) is 0 Å². The number of aromatic nitrogens is 2. The second-order valence-electron chi connectivity index (χ2n) is 7.39. The molecule has 0 fully saturated rings. The van der Waals surface area contributed by atoms with Crippen molar-refractivity contribution in [2.45, 2.75) is 39.2 Å². The Kier molecular flexibility index (Phi) is 6.16. The second kappa shape index (κ2) is 9.33. The molecule has 0 aliphatic heterocycles. The molecule has 0 saturated heterocycles. The highest BCUT2D eigenvalue weighted by Crippen LogP contribution is 2.25. The topological polar surface area (TPSA) is 35.0 Å². The first-order chi connectivity index (χ1) is 14.3. The maximum absolute atomic E-state index is 5.99. The van der Waals surface area contributed by atoms with Crippen LogP contribution in [0.3, 0.4) is 0 Å². The molecule has 0 N–H and O–H groups in total. The van der Waals surface area contributed by atoms with Gasteiger partial charge in [-0.2, -0.15) is 0 Å². The van der Waals surface area contributed by atoms with Crippen molar-refractivity contribution in [3.8, 4) is 5.75 Å². The van der Waals surface area contributed by atoms with E-state index in [2.05, 4.69) is 59.4 Å². The summed E-state index contributed by atoms with van der Waals surface area (Å²) >= 11 is 0. The molecule has 146 valence electrons. The average molecular weight is 383 g/mol. The van der Waals surface area contributed by atoms with E-state index in [1.54, 1.807) is 6.20 Å². The van der Waals surface area contributed by atoms with Crippen LogP contribution in [0.2, 0.25) is 0 Å². The Bertz CT molecular complexity index is 1060. The predicted molar refractivity (Wildman–Crippen MR) is 118 cm³/mol. The Morgan fingerprint density at radius 1 is 0.862 bits per heavy atom. The predicted octanol–water partition coefficient (Wildman–Crippen LogP) is 6.14. The standard InChI is InChI=1S/C26H26N2O/c1-2-3-5-20-7-9-21(10-8-20)16-26-25-17-24(12-11-23(25)13-15-28-26)29-19-22-6-4-14-27-18-22/h4,6-15,17-18H,2-3,5,16,19H2,1H3. The number of rotatable bonds is 8. The maximum Gasteiger partial charge on any atom is 0.120 e. The van der Waals surface area contributed by atoms with E-state index in [1.807, 2.05) is 30.6 Å². The van der Waals surface area contributed by atoms with E-state index >= 15 is 0 Å². The Balaban J connectivity index is 1.52. The molecule has 3 heteroatoms. The Morgan fingerprint density at radius 2 is 1.72 bits per heavy atom. The lowest BCUT2D eigenvalue weighted by molar-refractivity contribution is 0.306. The lowest BCUT2D eigenvalue weighted by Crippen LogP contribution is -1.97. The van der Waals surface area contributed by atoms with Crippen LogP contribution in [-0.4, -0.2) is 9.97 Å². The summed E-state index contributed by atoms with van der Waals surface area (Å²) in [5, 5.41) is 2.33. The van der Waals surface area contributed by atoms with E-state index in [1.165, 1.54) is 29.4 Å². The lowest BCUT2D eigenvalue weighted by atomic mass is 10.0. The van der Waals surface area contributed by atoms with Crippen LogP contribution in [0.25, 0.3) is 10.8 Å². The van der Waals surface area contributed by atoms with Crippen LogP contribution >= 0.6 is 0 Å². The number of fused-ring (bicyclic) bond motifs is 1. The van der Waals surface area contributed by atoms with Gasteiger partial charge >= 0.3 is 0 Å². The fraction of sp³-hybridized carbons (Fsp3) is 0.231. The van der Waals surface area contributed by atoms with E-state index in [0.717, 1.165) is 35.2 Å². The molecule has 2 aromatic carbocycles. The summed E-state index contributed by atoms with van der Waals surface area (Å²) in [5.74, 6) is 0.852. The molecule has 0 radical (unpaired) electrons. The minimum Gasteiger partial charge on any atom is -0.489 e. The molecular formula is C26H26N2O. The largest absolute Gasteiger partial charge is 0.489 e. The number of benzene rings is 2. The molecule has 0 aliphatic carbocycles. The molecular weight excluding hydrogens is 356 g/mol. The average Bonchev–Trinajstić information content (AvgIpc) is 2.78. The third-order valence-corrected chi connectivity index (χ3v) is 5.16. The molecule has 4 aromatic rings. The van der Waals surface area contributed by atoms with Crippen molar-refractivity contribution >= 4 is 10.8 Å². The molecule has 2 heterocycles. The molecule has 0 aliphatic rings. The summed E-state index contributed by atoms with van der Waals surface area (Å²) in [5.41, 5.74) is 4.83. The van der Waals surface area contributed by atoms with Gasteiger partial charge in [-0.3, -0.25) is 9.97 Å². The molecule has 0 atom stereocenters. The van der Waals surface area contributed by atoms with Crippen LogP contribution in [0.15, 0.2) is 79.3 Å². The highest BCUT2D eigenvalue weighted by molar-refractivity contribution is 5.86. The van der Waals surface area contributed by atoms with Gasteiger partial charge in [-0.15, -0.1) is 0 Å². The number of hydrogen-bond acceptors (Lipinski definition) is 3. The van der Waals surface area contributed by atoms with E-state index in [-0.39, 0.29) is 0 Å². The maximum atomic E-state index is 5.99. The molecule has 29 heavy (non-hydrogen) atoms. The summed E-state index contributed by atoms with van der Waals surface area (Å²) in [7, 11) is 0. The summed E-state index contributed by atoms with van der Waals surface area (Å²) < 4.78 is 5.99. The minimum absolute atomic E-state index is 0.508. The first-order valence-corrected chi connectivity index (χ1v) is 10.3. The van der Waals surface area contributed by atoms with Gasteiger partial charge in [0.1, 0.15) is 12.4 Å². The van der Waals surface area contributed by atoms with Crippen molar-refractivity contribution < 1.29 is 4.74 Å². The molecule has 0 unspecified atom stereocenters. The molecule has 0 bridgehead atoms. The summed E-state index contributed by atoms with van der Waals surface area (Å²) in [6.07, 6.45) is 9.94. The summed E-state index contributed by atoms with van der Waals surface area (Å²) in [4.78, 5) is 8.81. The first-order valence-electron chi connectivity index (χ1n) is 10.3. The van der Waals surface area contributed by atoms with Crippen LogP contribution < -0.4 is 4.74 Å². The van der Waals surface area contributed by atoms with Crippen LogP contribution in [0.5, 0.6) is 5.75 Å². The number of unbranched alkanes of at least 4 members (excludes halogenated alkanes) is 1. The zero-order valence-electron chi connectivity index (χ0n) is 16.8. The Hall–Kier alpha value is -3.20. The molecule has 3 nitrogen and oxygen atoms in total. The smallest absolute Gasteiger partial charge is 0.120 e. The normalized spacial score (nSPS) is 10.9. The number of nitrogens with zero attached hydrogens (tertiary/aromatic N) is 2.